The van der Waals surface area contributed by atoms with Gasteiger partial charge in [0.2, 0.25) is 5.88 Å². The standard InChI is InChI=1S/C20H19FN6O3/c21-11-8-12-15-5-7-29-27(15)17-4-6-26-18(25-17)13(10-23-26)19(28)24-14-2-1-3-16(14)30-20(12)22-9-11/h4,6,8-10,14-16H,1-3,5,7H2,(H,24,28)/t14-,15?,16+/m1/s1. The smallest absolute Gasteiger partial charge is 0.257 e. The number of hydroxylamine groups is 1. The van der Waals surface area contributed by atoms with Crippen LogP contribution in [-0.4, -0.2) is 44.2 Å². The van der Waals surface area contributed by atoms with E-state index >= 15 is 0 Å². The third-order valence-corrected chi connectivity index (χ3v) is 5.97. The van der Waals surface area contributed by atoms with Gasteiger partial charge in [0, 0.05) is 24.2 Å². The Balaban J connectivity index is 1.55. The van der Waals surface area contributed by atoms with Crippen LogP contribution in [0.1, 0.15) is 47.6 Å². The number of nitrogens with one attached hydrogen (secondary N) is 1. The predicted molar refractivity (Wildman–Crippen MR) is 102 cm³/mol. The number of hydrogen-bond acceptors (Lipinski definition) is 7. The number of fused-ring (bicyclic) bond motifs is 6. The summed E-state index contributed by atoms with van der Waals surface area (Å²) in [6, 6.07) is 2.71. The molecule has 1 saturated heterocycles. The number of anilines is 1. The zero-order valence-corrected chi connectivity index (χ0v) is 16.0. The second-order valence-electron chi connectivity index (χ2n) is 7.79. The molecule has 0 radical (unpaired) electrons. The van der Waals surface area contributed by atoms with Crippen LogP contribution in [0.5, 0.6) is 5.88 Å². The van der Waals surface area contributed by atoms with Crippen LogP contribution in [0.3, 0.4) is 0 Å². The highest BCUT2D eigenvalue weighted by atomic mass is 19.1. The van der Waals surface area contributed by atoms with Crippen molar-refractivity contribution in [2.45, 2.75) is 43.9 Å². The van der Waals surface area contributed by atoms with Crippen molar-refractivity contribution in [1.82, 2.24) is 24.9 Å². The van der Waals surface area contributed by atoms with Gasteiger partial charge < -0.3 is 10.1 Å². The Hall–Kier alpha value is -3.27. The van der Waals surface area contributed by atoms with Gasteiger partial charge in [0.25, 0.3) is 5.91 Å². The molecule has 3 aliphatic rings. The molecule has 1 N–H and O–H groups in total. The summed E-state index contributed by atoms with van der Waals surface area (Å²) in [6.07, 6.45) is 7.28. The number of ether oxygens (including phenoxy) is 1. The van der Waals surface area contributed by atoms with Crippen molar-refractivity contribution >= 4 is 17.4 Å². The number of pyridine rings is 1. The molecule has 1 aliphatic carbocycles. The molecule has 1 unspecified atom stereocenters. The lowest BCUT2D eigenvalue weighted by Gasteiger charge is -2.26. The van der Waals surface area contributed by atoms with Crippen molar-refractivity contribution in [2.24, 2.45) is 0 Å². The minimum Gasteiger partial charge on any atom is -0.472 e. The zero-order valence-electron chi connectivity index (χ0n) is 16.0. The van der Waals surface area contributed by atoms with Crippen molar-refractivity contribution in [3.63, 3.8) is 0 Å². The molecule has 154 valence electrons. The van der Waals surface area contributed by atoms with Crippen molar-refractivity contribution in [3.8, 4) is 5.88 Å². The van der Waals surface area contributed by atoms with Crippen molar-refractivity contribution in [1.29, 1.82) is 0 Å². The van der Waals surface area contributed by atoms with Crippen LogP contribution < -0.4 is 15.1 Å². The molecule has 1 amide bonds. The molecular formula is C20H19FN6O3. The lowest BCUT2D eigenvalue weighted by Crippen LogP contribution is -2.42. The summed E-state index contributed by atoms with van der Waals surface area (Å²) in [6.45, 7) is 0.451. The van der Waals surface area contributed by atoms with E-state index in [2.05, 4.69) is 20.4 Å². The quantitative estimate of drug-likeness (QED) is 0.607. The Kier molecular flexibility index (Phi) is 3.88. The van der Waals surface area contributed by atoms with E-state index in [1.54, 1.807) is 21.8 Å². The van der Waals surface area contributed by atoms with Gasteiger partial charge in [0.15, 0.2) is 11.5 Å². The molecule has 10 heteroatoms. The molecule has 2 aliphatic heterocycles. The van der Waals surface area contributed by atoms with Gasteiger partial charge in [-0.2, -0.15) is 5.10 Å². The molecule has 9 nitrogen and oxygen atoms in total. The first-order valence-electron chi connectivity index (χ1n) is 10.1. The second kappa shape index (κ2) is 6.63. The largest absolute Gasteiger partial charge is 0.472 e. The summed E-state index contributed by atoms with van der Waals surface area (Å²) in [4.78, 5) is 27.7. The van der Waals surface area contributed by atoms with Crippen molar-refractivity contribution in [3.05, 3.63) is 47.7 Å². The number of aromatic nitrogens is 4. The second-order valence-corrected chi connectivity index (χ2v) is 7.79. The number of amides is 1. The SMILES string of the molecule is O=C1N[C@@H]2CCC[C@@H]2Oc2ncc(F)cc2C2CCON2c2ccn3ncc1c3n2. The van der Waals surface area contributed by atoms with Gasteiger partial charge in [-0.3, -0.25) is 9.63 Å². The Morgan fingerprint density at radius 1 is 1.23 bits per heavy atom. The number of hydrogen-bond donors (Lipinski definition) is 1. The number of carbonyl (C=O) groups excluding carboxylic acids is 1. The molecular weight excluding hydrogens is 391 g/mol. The summed E-state index contributed by atoms with van der Waals surface area (Å²) in [5, 5.41) is 8.95. The monoisotopic (exact) mass is 410 g/mol. The molecule has 5 heterocycles. The van der Waals surface area contributed by atoms with E-state index in [4.69, 9.17) is 9.57 Å². The average molecular weight is 410 g/mol. The Morgan fingerprint density at radius 3 is 3.10 bits per heavy atom. The predicted octanol–water partition coefficient (Wildman–Crippen LogP) is 2.19. The van der Waals surface area contributed by atoms with E-state index in [-0.39, 0.29) is 24.1 Å². The van der Waals surface area contributed by atoms with Gasteiger partial charge in [0.05, 0.1) is 31.1 Å². The van der Waals surface area contributed by atoms with Crippen LogP contribution in [-0.2, 0) is 4.84 Å². The van der Waals surface area contributed by atoms with Gasteiger partial charge in [-0.25, -0.2) is 23.9 Å². The Bertz CT molecular complexity index is 1150. The first-order chi connectivity index (χ1) is 14.7. The van der Waals surface area contributed by atoms with Crippen LogP contribution in [0.15, 0.2) is 30.7 Å². The summed E-state index contributed by atoms with van der Waals surface area (Å²) < 4.78 is 22.0. The van der Waals surface area contributed by atoms with Crippen LogP contribution in [0.4, 0.5) is 10.2 Å². The minimum atomic E-state index is -0.439. The van der Waals surface area contributed by atoms with Gasteiger partial charge in [0.1, 0.15) is 17.5 Å². The topological polar surface area (TPSA) is 93.9 Å². The molecule has 3 aromatic rings. The summed E-state index contributed by atoms with van der Waals surface area (Å²) in [5.41, 5.74) is 1.44. The van der Waals surface area contributed by atoms with Crippen molar-refractivity contribution < 1.29 is 18.8 Å². The molecule has 3 atom stereocenters. The van der Waals surface area contributed by atoms with E-state index in [1.807, 2.05) is 0 Å². The first kappa shape index (κ1) is 17.6. The minimum absolute atomic E-state index is 0.174. The molecule has 1 saturated carbocycles. The fraction of sp³-hybridized carbons (Fsp3) is 0.400. The summed E-state index contributed by atoms with van der Waals surface area (Å²) in [7, 11) is 0. The number of nitrogens with zero attached hydrogens (tertiary/aromatic N) is 5. The normalized spacial score (nSPS) is 25.6. The molecule has 6 rings (SSSR count). The third-order valence-electron chi connectivity index (χ3n) is 5.97. The third kappa shape index (κ3) is 2.71. The maximum atomic E-state index is 14.2. The van der Waals surface area contributed by atoms with Gasteiger partial charge in [-0.1, -0.05) is 0 Å². The first-order valence-corrected chi connectivity index (χ1v) is 10.1. The van der Waals surface area contributed by atoms with E-state index < -0.39 is 5.82 Å². The lowest BCUT2D eigenvalue weighted by molar-refractivity contribution is 0.0890. The number of halogens is 1. The van der Waals surface area contributed by atoms with E-state index in [0.717, 1.165) is 25.5 Å². The molecule has 3 aromatic heterocycles. The fourth-order valence-corrected chi connectivity index (χ4v) is 4.52. The van der Waals surface area contributed by atoms with Gasteiger partial charge >= 0.3 is 0 Å². The number of carbonyl (C=O) groups is 1. The Morgan fingerprint density at radius 2 is 2.17 bits per heavy atom. The summed E-state index contributed by atoms with van der Waals surface area (Å²) >= 11 is 0. The molecule has 2 fully saturated rings. The maximum Gasteiger partial charge on any atom is 0.257 e. The summed E-state index contributed by atoms with van der Waals surface area (Å²) in [5.74, 6) is 0.187. The lowest BCUT2D eigenvalue weighted by atomic mass is 10.1. The highest BCUT2D eigenvalue weighted by Crippen LogP contribution is 2.39. The van der Waals surface area contributed by atoms with Crippen LogP contribution in [0, 0.1) is 5.82 Å². The van der Waals surface area contributed by atoms with Crippen LogP contribution in [0.25, 0.3) is 5.65 Å². The maximum absolute atomic E-state index is 14.2. The fourth-order valence-electron chi connectivity index (χ4n) is 4.52. The Labute approximate surface area is 170 Å². The van der Waals surface area contributed by atoms with Crippen molar-refractivity contribution in [2.75, 3.05) is 11.7 Å². The zero-order chi connectivity index (χ0) is 20.2. The number of rotatable bonds is 0. The van der Waals surface area contributed by atoms with E-state index in [9.17, 15) is 9.18 Å². The van der Waals surface area contributed by atoms with E-state index in [0.29, 0.717) is 41.5 Å². The molecule has 2 bridgehead atoms. The molecule has 30 heavy (non-hydrogen) atoms. The highest BCUT2D eigenvalue weighted by molar-refractivity contribution is 6.00. The molecule has 0 spiro atoms. The van der Waals surface area contributed by atoms with Gasteiger partial charge in [-0.05, 0) is 25.3 Å². The van der Waals surface area contributed by atoms with Crippen LogP contribution >= 0.6 is 0 Å². The highest BCUT2D eigenvalue weighted by Gasteiger charge is 2.36. The van der Waals surface area contributed by atoms with Crippen LogP contribution in [0.2, 0.25) is 0 Å². The molecule has 0 aromatic carbocycles. The average Bonchev–Trinajstić information content (AvgIpc) is 3.48. The van der Waals surface area contributed by atoms with E-state index in [1.165, 1.54) is 12.3 Å². The van der Waals surface area contributed by atoms with Gasteiger partial charge in [-0.15, -0.1) is 0 Å².